The standard InChI is InChI=1S/C9H6BrF3O3/c10-7-5(8(14)15)2-1-3-6(7)16-4-9(11,12)13/h1-3H,4H2,(H,14,15). The number of halogens is 4. The van der Waals surface area contributed by atoms with E-state index in [2.05, 4.69) is 20.7 Å². The van der Waals surface area contributed by atoms with E-state index in [0.717, 1.165) is 0 Å². The SMILES string of the molecule is O=C(O)c1cccc(OCC(F)(F)F)c1Br. The van der Waals surface area contributed by atoms with Crippen LogP contribution in [-0.2, 0) is 0 Å². The zero-order valence-electron chi connectivity index (χ0n) is 7.71. The first-order valence-electron chi connectivity index (χ1n) is 4.02. The molecule has 0 aromatic heterocycles. The van der Waals surface area contributed by atoms with E-state index in [0.29, 0.717) is 0 Å². The van der Waals surface area contributed by atoms with Crippen molar-refractivity contribution >= 4 is 21.9 Å². The molecule has 0 aliphatic rings. The van der Waals surface area contributed by atoms with Crippen molar-refractivity contribution in [2.75, 3.05) is 6.61 Å². The average molecular weight is 299 g/mol. The Labute approximate surface area is 97.0 Å². The highest BCUT2D eigenvalue weighted by Gasteiger charge is 2.29. The maximum absolute atomic E-state index is 11.9. The molecule has 0 fully saturated rings. The molecule has 0 radical (unpaired) electrons. The second-order valence-electron chi connectivity index (χ2n) is 2.83. The summed E-state index contributed by atoms with van der Waals surface area (Å²) in [4.78, 5) is 10.7. The molecule has 7 heteroatoms. The van der Waals surface area contributed by atoms with Crippen LogP contribution in [0.4, 0.5) is 13.2 Å². The van der Waals surface area contributed by atoms with E-state index in [-0.39, 0.29) is 15.8 Å². The number of rotatable bonds is 3. The molecule has 16 heavy (non-hydrogen) atoms. The van der Waals surface area contributed by atoms with Crippen LogP contribution >= 0.6 is 15.9 Å². The van der Waals surface area contributed by atoms with Crippen LogP contribution in [-0.4, -0.2) is 23.9 Å². The molecular formula is C9H6BrF3O3. The molecular weight excluding hydrogens is 293 g/mol. The molecule has 0 heterocycles. The second-order valence-corrected chi connectivity index (χ2v) is 3.62. The van der Waals surface area contributed by atoms with Crippen LogP contribution in [0.2, 0.25) is 0 Å². The Morgan fingerprint density at radius 3 is 2.56 bits per heavy atom. The lowest BCUT2D eigenvalue weighted by Gasteiger charge is -2.11. The lowest BCUT2D eigenvalue weighted by atomic mass is 10.2. The molecule has 0 bridgehead atoms. The highest BCUT2D eigenvalue weighted by Crippen LogP contribution is 2.30. The summed E-state index contributed by atoms with van der Waals surface area (Å²) < 4.78 is 40.1. The van der Waals surface area contributed by atoms with Gasteiger partial charge in [-0.1, -0.05) is 6.07 Å². The molecule has 0 spiro atoms. The molecule has 1 rings (SSSR count). The van der Waals surface area contributed by atoms with Crippen molar-refractivity contribution in [1.82, 2.24) is 0 Å². The van der Waals surface area contributed by atoms with Gasteiger partial charge in [-0.3, -0.25) is 0 Å². The summed E-state index contributed by atoms with van der Waals surface area (Å²) >= 11 is 2.88. The fraction of sp³-hybridized carbons (Fsp3) is 0.222. The maximum atomic E-state index is 11.9. The highest BCUT2D eigenvalue weighted by molar-refractivity contribution is 9.10. The largest absolute Gasteiger partial charge is 0.483 e. The Kier molecular flexibility index (Phi) is 3.79. The van der Waals surface area contributed by atoms with Crippen LogP contribution in [0, 0.1) is 0 Å². The minimum Gasteiger partial charge on any atom is -0.483 e. The fourth-order valence-electron chi connectivity index (χ4n) is 0.947. The van der Waals surface area contributed by atoms with Gasteiger partial charge >= 0.3 is 12.1 Å². The van der Waals surface area contributed by atoms with Gasteiger partial charge in [0.2, 0.25) is 0 Å². The minimum atomic E-state index is -4.46. The van der Waals surface area contributed by atoms with Gasteiger partial charge < -0.3 is 9.84 Å². The van der Waals surface area contributed by atoms with Crippen LogP contribution in [0.5, 0.6) is 5.75 Å². The van der Waals surface area contributed by atoms with E-state index in [1.54, 1.807) is 0 Å². The summed E-state index contributed by atoms with van der Waals surface area (Å²) in [6.07, 6.45) is -4.46. The number of ether oxygens (including phenoxy) is 1. The Hall–Kier alpha value is -1.24. The van der Waals surface area contributed by atoms with Crippen molar-refractivity contribution in [2.45, 2.75) is 6.18 Å². The van der Waals surface area contributed by atoms with Crippen molar-refractivity contribution in [3.8, 4) is 5.75 Å². The molecule has 1 aromatic rings. The molecule has 0 saturated heterocycles. The van der Waals surface area contributed by atoms with Gasteiger partial charge in [-0.05, 0) is 28.1 Å². The third-order valence-corrected chi connectivity index (χ3v) is 2.40. The molecule has 0 saturated carbocycles. The Bertz CT molecular complexity index is 403. The minimum absolute atomic E-state index is 0.00764. The van der Waals surface area contributed by atoms with Crippen molar-refractivity contribution in [1.29, 1.82) is 0 Å². The third-order valence-electron chi connectivity index (χ3n) is 1.59. The Balaban J connectivity index is 2.90. The van der Waals surface area contributed by atoms with Crippen molar-refractivity contribution in [3.63, 3.8) is 0 Å². The smallest absolute Gasteiger partial charge is 0.422 e. The molecule has 3 nitrogen and oxygen atoms in total. The number of hydrogen-bond acceptors (Lipinski definition) is 2. The molecule has 0 aliphatic heterocycles. The summed E-state index contributed by atoms with van der Waals surface area (Å²) in [5, 5.41) is 8.71. The number of carbonyl (C=O) groups is 1. The van der Waals surface area contributed by atoms with E-state index < -0.39 is 18.8 Å². The lowest BCUT2D eigenvalue weighted by Crippen LogP contribution is -2.19. The van der Waals surface area contributed by atoms with Gasteiger partial charge in [0, 0.05) is 0 Å². The van der Waals surface area contributed by atoms with Gasteiger partial charge in [0.15, 0.2) is 6.61 Å². The van der Waals surface area contributed by atoms with Crippen molar-refractivity contribution < 1.29 is 27.8 Å². The number of carboxylic acid groups (broad SMARTS) is 1. The van der Waals surface area contributed by atoms with Gasteiger partial charge in [-0.15, -0.1) is 0 Å². The zero-order valence-corrected chi connectivity index (χ0v) is 9.30. The molecule has 0 aliphatic carbocycles. The number of carboxylic acids is 1. The van der Waals surface area contributed by atoms with Gasteiger partial charge in [0.05, 0.1) is 10.0 Å². The van der Waals surface area contributed by atoms with E-state index in [4.69, 9.17) is 5.11 Å². The average Bonchev–Trinajstić information content (AvgIpc) is 2.14. The Morgan fingerprint density at radius 2 is 2.06 bits per heavy atom. The Morgan fingerprint density at radius 1 is 1.44 bits per heavy atom. The summed E-state index contributed by atoms with van der Waals surface area (Å²) in [7, 11) is 0. The van der Waals surface area contributed by atoms with Gasteiger partial charge in [0.1, 0.15) is 5.75 Å². The molecule has 0 atom stereocenters. The van der Waals surface area contributed by atoms with E-state index in [1.165, 1.54) is 18.2 Å². The summed E-state index contributed by atoms with van der Waals surface area (Å²) in [5.74, 6) is -1.40. The zero-order chi connectivity index (χ0) is 12.3. The number of benzene rings is 1. The van der Waals surface area contributed by atoms with E-state index in [1.807, 2.05) is 0 Å². The predicted octanol–water partition coefficient (Wildman–Crippen LogP) is 3.09. The molecule has 0 unspecified atom stereocenters. The maximum Gasteiger partial charge on any atom is 0.422 e. The highest BCUT2D eigenvalue weighted by atomic mass is 79.9. The van der Waals surface area contributed by atoms with E-state index in [9.17, 15) is 18.0 Å². The fourth-order valence-corrected chi connectivity index (χ4v) is 1.50. The van der Waals surface area contributed by atoms with Crippen LogP contribution in [0.1, 0.15) is 10.4 Å². The summed E-state index contributed by atoms with van der Waals surface area (Å²) in [6, 6.07) is 3.81. The normalized spacial score (nSPS) is 11.2. The quantitative estimate of drug-likeness (QED) is 0.933. The molecule has 1 aromatic carbocycles. The predicted molar refractivity (Wildman–Crippen MR) is 52.7 cm³/mol. The number of alkyl halides is 3. The van der Waals surface area contributed by atoms with Gasteiger partial charge in [-0.2, -0.15) is 13.2 Å². The van der Waals surface area contributed by atoms with Crippen molar-refractivity contribution in [2.24, 2.45) is 0 Å². The van der Waals surface area contributed by atoms with E-state index >= 15 is 0 Å². The first-order chi connectivity index (χ1) is 7.31. The summed E-state index contributed by atoms with van der Waals surface area (Å²) in [6.45, 7) is -1.46. The summed E-state index contributed by atoms with van der Waals surface area (Å²) in [5.41, 5.74) is -0.153. The van der Waals surface area contributed by atoms with Crippen molar-refractivity contribution in [3.05, 3.63) is 28.2 Å². The lowest BCUT2D eigenvalue weighted by molar-refractivity contribution is -0.153. The number of aromatic carboxylic acids is 1. The third kappa shape index (κ3) is 3.41. The first-order valence-corrected chi connectivity index (χ1v) is 4.82. The van der Waals surface area contributed by atoms with Gasteiger partial charge in [0.25, 0.3) is 0 Å². The van der Waals surface area contributed by atoms with Crippen LogP contribution in [0.15, 0.2) is 22.7 Å². The van der Waals surface area contributed by atoms with Crippen LogP contribution in [0.25, 0.3) is 0 Å². The van der Waals surface area contributed by atoms with Crippen LogP contribution in [0.3, 0.4) is 0 Å². The number of hydrogen-bond donors (Lipinski definition) is 1. The first kappa shape index (κ1) is 12.8. The molecule has 0 amide bonds. The molecule has 1 N–H and O–H groups in total. The van der Waals surface area contributed by atoms with Gasteiger partial charge in [-0.25, -0.2) is 4.79 Å². The second kappa shape index (κ2) is 4.73. The molecule has 88 valence electrons. The van der Waals surface area contributed by atoms with Crippen LogP contribution < -0.4 is 4.74 Å². The monoisotopic (exact) mass is 298 g/mol. The topological polar surface area (TPSA) is 46.5 Å².